The van der Waals surface area contributed by atoms with E-state index in [-0.39, 0.29) is 5.75 Å². The molecule has 5 heteroatoms. The molecule has 112 valence electrons. The quantitative estimate of drug-likeness (QED) is 0.861. The number of hydrogen-bond donors (Lipinski definition) is 1. The van der Waals surface area contributed by atoms with E-state index in [2.05, 4.69) is 15.9 Å². The zero-order valence-electron chi connectivity index (χ0n) is 11.7. The molecule has 0 unspecified atom stereocenters. The lowest BCUT2D eigenvalue weighted by atomic mass is 10.1. The van der Waals surface area contributed by atoms with Crippen molar-refractivity contribution in [1.29, 1.82) is 0 Å². The van der Waals surface area contributed by atoms with Gasteiger partial charge in [-0.05, 0) is 54.4 Å². The minimum absolute atomic E-state index is 0.229. The first-order valence-corrected chi connectivity index (χ1v) is 7.37. The third kappa shape index (κ3) is 4.19. The van der Waals surface area contributed by atoms with Gasteiger partial charge in [0, 0.05) is 4.47 Å². The van der Waals surface area contributed by atoms with Gasteiger partial charge < -0.3 is 15.2 Å². The fourth-order valence-corrected chi connectivity index (χ4v) is 2.40. The van der Waals surface area contributed by atoms with E-state index in [1.165, 1.54) is 13.2 Å². The molecule has 21 heavy (non-hydrogen) atoms. The number of rotatable bonds is 6. The molecule has 0 saturated carbocycles. The summed E-state index contributed by atoms with van der Waals surface area (Å²) < 4.78 is 25.2. The zero-order chi connectivity index (χ0) is 15.2. The molecule has 2 aromatic carbocycles. The molecule has 0 fully saturated rings. The highest BCUT2D eigenvalue weighted by molar-refractivity contribution is 9.10. The average molecular weight is 354 g/mol. The van der Waals surface area contributed by atoms with Gasteiger partial charge >= 0.3 is 0 Å². The fraction of sp³-hybridized carbons (Fsp3) is 0.250. The summed E-state index contributed by atoms with van der Waals surface area (Å²) in [5.41, 5.74) is 7.41. The van der Waals surface area contributed by atoms with Crippen molar-refractivity contribution in [1.82, 2.24) is 0 Å². The van der Waals surface area contributed by atoms with Gasteiger partial charge in [-0.2, -0.15) is 0 Å². The number of hydrogen-bond acceptors (Lipinski definition) is 3. The van der Waals surface area contributed by atoms with E-state index in [1.807, 2.05) is 18.2 Å². The van der Waals surface area contributed by atoms with Crippen molar-refractivity contribution >= 4 is 15.9 Å². The van der Waals surface area contributed by atoms with Gasteiger partial charge in [0.25, 0.3) is 0 Å². The molecule has 0 aliphatic carbocycles. The first kappa shape index (κ1) is 15.8. The Bertz CT molecular complexity index is 619. The maximum atomic E-state index is 13.6. The van der Waals surface area contributed by atoms with Crippen LogP contribution in [0.2, 0.25) is 0 Å². The van der Waals surface area contributed by atoms with Crippen LogP contribution in [0.4, 0.5) is 4.39 Å². The molecule has 0 aliphatic heterocycles. The summed E-state index contributed by atoms with van der Waals surface area (Å²) in [6.07, 6.45) is 0.773. The first-order chi connectivity index (χ1) is 10.1. The van der Waals surface area contributed by atoms with Gasteiger partial charge in [-0.3, -0.25) is 0 Å². The molecular formula is C16H17BrFNO2. The zero-order valence-corrected chi connectivity index (χ0v) is 13.3. The van der Waals surface area contributed by atoms with Crippen molar-refractivity contribution in [2.45, 2.75) is 13.0 Å². The highest BCUT2D eigenvalue weighted by Gasteiger charge is 2.05. The van der Waals surface area contributed by atoms with Crippen LogP contribution in [0, 0.1) is 5.82 Å². The van der Waals surface area contributed by atoms with Crippen LogP contribution >= 0.6 is 15.9 Å². The van der Waals surface area contributed by atoms with E-state index in [0.717, 1.165) is 27.8 Å². The highest BCUT2D eigenvalue weighted by atomic mass is 79.9. The number of methoxy groups -OCH3 is 1. The predicted octanol–water partition coefficient (Wildman–Crippen LogP) is 3.68. The Balaban J connectivity index is 2.06. The molecule has 0 aromatic heterocycles. The van der Waals surface area contributed by atoms with Crippen molar-refractivity contribution in [3.05, 3.63) is 57.8 Å². The van der Waals surface area contributed by atoms with Gasteiger partial charge in [0.1, 0.15) is 12.4 Å². The van der Waals surface area contributed by atoms with Crippen LogP contribution in [0.3, 0.4) is 0 Å². The summed E-state index contributed by atoms with van der Waals surface area (Å²) in [7, 11) is 1.44. The molecule has 2 rings (SSSR count). The molecule has 0 amide bonds. The number of ether oxygens (including phenoxy) is 2. The molecule has 2 aromatic rings. The van der Waals surface area contributed by atoms with Crippen molar-refractivity contribution in [2.24, 2.45) is 5.73 Å². The van der Waals surface area contributed by atoms with Gasteiger partial charge in [-0.1, -0.05) is 22.0 Å². The predicted molar refractivity (Wildman–Crippen MR) is 84.2 cm³/mol. The van der Waals surface area contributed by atoms with Gasteiger partial charge in [0.15, 0.2) is 11.6 Å². The maximum Gasteiger partial charge on any atom is 0.165 e. The van der Waals surface area contributed by atoms with Crippen LogP contribution in [0.25, 0.3) is 0 Å². The van der Waals surface area contributed by atoms with Crippen molar-refractivity contribution in [3.63, 3.8) is 0 Å². The largest absolute Gasteiger partial charge is 0.494 e. The minimum Gasteiger partial charge on any atom is -0.494 e. The normalized spacial score (nSPS) is 10.5. The second-order valence-electron chi connectivity index (χ2n) is 4.55. The van der Waals surface area contributed by atoms with E-state index < -0.39 is 5.82 Å². The van der Waals surface area contributed by atoms with Crippen LogP contribution in [-0.4, -0.2) is 13.7 Å². The number of halogens is 2. The maximum absolute atomic E-state index is 13.6. The van der Waals surface area contributed by atoms with E-state index >= 15 is 0 Å². The van der Waals surface area contributed by atoms with Crippen LogP contribution in [0.1, 0.15) is 11.1 Å². The molecule has 0 atom stereocenters. The summed E-state index contributed by atoms with van der Waals surface area (Å²) in [5.74, 6) is 0.573. The fourth-order valence-electron chi connectivity index (χ4n) is 1.95. The Morgan fingerprint density at radius 2 is 2.00 bits per heavy atom. The van der Waals surface area contributed by atoms with E-state index in [4.69, 9.17) is 15.2 Å². The van der Waals surface area contributed by atoms with Gasteiger partial charge in [0.2, 0.25) is 0 Å². The molecule has 2 N–H and O–H groups in total. The smallest absolute Gasteiger partial charge is 0.165 e. The lowest BCUT2D eigenvalue weighted by Crippen LogP contribution is -2.04. The summed E-state index contributed by atoms with van der Waals surface area (Å²) in [6.45, 7) is 0.871. The summed E-state index contributed by atoms with van der Waals surface area (Å²) in [6, 6.07) is 10.5. The van der Waals surface area contributed by atoms with Crippen LogP contribution in [0.15, 0.2) is 40.9 Å². The van der Waals surface area contributed by atoms with Crippen molar-refractivity contribution in [3.8, 4) is 11.5 Å². The minimum atomic E-state index is -0.391. The highest BCUT2D eigenvalue weighted by Crippen LogP contribution is 2.24. The molecule has 3 nitrogen and oxygen atoms in total. The third-order valence-electron chi connectivity index (χ3n) is 3.05. The topological polar surface area (TPSA) is 44.5 Å². The Hall–Kier alpha value is -1.59. The van der Waals surface area contributed by atoms with Crippen molar-refractivity contribution < 1.29 is 13.9 Å². The molecule has 0 bridgehead atoms. The molecule has 0 heterocycles. The number of nitrogens with two attached hydrogens (primary N) is 1. The Labute approximate surface area is 132 Å². The molecule has 0 radical (unpaired) electrons. The van der Waals surface area contributed by atoms with Crippen LogP contribution in [-0.2, 0) is 13.0 Å². The SMILES string of the molecule is COc1ccc(COc2ccc(Br)c(CCN)c2)cc1F. The molecule has 0 spiro atoms. The second kappa shape index (κ2) is 7.43. The summed E-state index contributed by atoms with van der Waals surface area (Å²) in [5, 5.41) is 0. The van der Waals surface area contributed by atoms with Crippen LogP contribution < -0.4 is 15.2 Å². The second-order valence-corrected chi connectivity index (χ2v) is 5.40. The van der Waals surface area contributed by atoms with Crippen LogP contribution in [0.5, 0.6) is 11.5 Å². The van der Waals surface area contributed by atoms with Gasteiger partial charge in [-0.15, -0.1) is 0 Å². The van der Waals surface area contributed by atoms with E-state index in [0.29, 0.717) is 13.2 Å². The lowest BCUT2D eigenvalue weighted by Gasteiger charge is -2.10. The van der Waals surface area contributed by atoms with Gasteiger partial charge in [0.05, 0.1) is 7.11 Å². The Morgan fingerprint density at radius 3 is 2.67 bits per heavy atom. The average Bonchev–Trinajstić information content (AvgIpc) is 2.48. The standard InChI is InChI=1S/C16H17BrFNO2/c1-20-16-5-2-11(8-15(16)18)10-21-13-3-4-14(17)12(9-13)6-7-19/h2-5,8-9H,6-7,10,19H2,1H3. The molecule has 0 saturated heterocycles. The number of benzene rings is 2. The monoisotopic (exact) mass is 353 g/mol. The molecule has 0 aliphatic rings. The summed E-state index contributed by atoms with van der Waals surface area (Å²) in [4.78, 5) is 0. The van der Waals surface area contributed by atoms with E-state index in [1.54, 1.807) is 12.1 Å². The third-order valence-corrected chi connectivity index (χ3v) is 3.83. The van der Waals surface area contributed by atoms with Crippen molar-refractivity contribution in [2.75, 3.05) is 13.7 Å². The molecular weight excluding hydrogens is 337 g/mol. The Kier molecular flexibility index (Phi) is 5.59. The Morgan fingerprint density at radius 1 is 1.19 bits per heavy atom. The van der Waals surface area contributed by atoms with E-state index in [9.17, 15) is 4.39 Å². The first-order valence-electron chi connectivity index (χ1n) is 6.57. The summed E-state index contributed by atoms with van der Waals surface area (Å²) >= 11 is 3.48. The lowest BCUT2D eigenvalue weighted by molar-refractivity contribution is 0.304. The van der Waals surface area contributed by atoms with Gasteiger partial charge in [-0.25, -0.2) is 4.39 Å².